The third kappa shape index (κ3) is 2.08. The summed E-state index contributed by atoms with van der Waals surface area (Å²) in [4.78, 5) is 17.6. The van der Waals surface area contributed by atoms with Crippen LogP contribution in [-0.2, 0) is 0 Å². The van der Waals surface area contributed by atoms with Crippen LogP contribution in [-0.4, -0.2) is 39.4 Å². The highest BCUT2D eigenvalue weighted by Crippen LogP contribution is 2.40. The van der Waals surface area contributed by atoms with Gasteiger partial charge in [0.2, 0.25) is 0 Å². The Balaban J connectivity index is 2.03. The number of piperidine rings is 1. The number of rotatable bonds is 2. The van der Waals surface area contributed by atoms with E-state index in [2.05, 4.69) is 9.88 Å². The fraction of sp³-hybridized carbons (Fsp3) is 0.571. The Kier molecular flexibility index (Phi) is 2.93. The molecular formula is C14H18N2O3. The van der Waals surface area contributed by atoms with Gasteiger partial charge in [-0.25, -0.2) is 4.79 Å². The lowest BCUT2D eigenvalue weighted by atomic mass is 9.98. The van der Waals surface area contributed by atoms with Crippen LogP contribution in [0.2, 0.25) is 0 Å². The van der Waals surface area contributed by atoms with Crippen LogP contribution in [0.25, 0.3) is 0 Å². The maximum atomic E-state index is 11.4. The number of aliphatic hydroxyl groups excluding tert-OH is 1. The molecule has 1 aromatic rings. The lowest BCUT2D eigenvalue weighted by Crippen LogP contribution is -2.45. The van der Waals surface area contributed by atoms with Crippen molar-refractivity contribution in [3.63, 3.8) is 0 Å². The molecule has 2 aliphatic heterocycles. The number of carbonyl (C=O) groups is 1. The topological polar surface area (TPSA) is 73.7 Å². The van der Waals surface area contributed by atoms with Gasteiger partial charge in [0.1, 0.15) is 5.56 Å². The maximum absolute atomic E-state index is 11.4. The first kappa shape index (κ1) is 12.4. The third-order valence-electron chi connectivity index (χ3n) is 4.24. The number of hydrogen-bond donors (Lipinski definition) is 2. The van der Waals surface area contributed by atoms with Crippen molar-refractivity contribution in [2.45, 2.75) is 50.8 Å². The van der Waals surface area contributed by atoms with E-state index < -0.39 is 5.97 Å². The van der Waals surface area contributed by atoms with Crippen LogP contribution in [0.1, 0.15) is 41.7 Å². The molecule has 0 aliphatic carbocycles. The van der Waals surface area contributed by atoms with Crippen molar-refractivity contribution in [3.05, 3.63) is 23.5 Å². The number of carboxylic acid groups (broad SMARTS) is 1. The van der Waals surface area contributed by atoms with E-state index in [-0.39, 0.29) is 23.8 Å². The Labute approximate surface area is 111 Å². The summed E-state index contributed by atoms with van der Waals surface area (Å²) >= 11 is 0. The minimum atomic E-state index is -0.937. The molecule has 0 saturated carbocycles. The van der Waals surface area contributed by atoms with Crippen LogP contribution in [0.4, 0.5) is 5.69 Å². The molecule has 2 bridgehead atoms. The number of aliphatic hydroxyl groups is 1. The average molecular weight is 262 g/mol. The molecule has 102 valence electrons. The van der Waals surface area contributed by atoms with Gasteiger partial charge in [0.25, 0.3) is 0 Å². The van der Waals surface area contributed by atoms with Gasteiger partial charge in [-0.1, -0.05) is 0 Å². The molecule has 5 heteroatoms. The van der Waals surface area contributed by atoms with Crippen molar-refractivity contribution >= 4 is 11.7 Å². The summed E-state index contributed by atoms with van der Waals surface area (Å²) in [7, 11) is 0. The van der Waals surface area contributed by atoms with Crippen LogP contribution in [0.3, 0.4) is 0 Å². The normalized spacial score (nSPS) is 29.6. The monoisotopic (exact) mass is 262 g/mol. The highest BCUT2D eigenvalue weighted by atomic mass is 16.4. The Morgan fingerprint density at radius 3 is 2.58 bits per heavy atom. The quantitative estimate of drug-likeness (QED) is 0.846. The van der Waals surface area contributed by atoms with Gasteiger partial charge in [0.05, 0.1) is 11.8 Å². The third-order valence-corrected chi connectivity index (χ3v) is 4.24. The predicted molar refractivity (Wildman–Crippen MR) is 70.5 cm³/mol. The van der Waals surface area contributed by atoms with Gasteiger partial charge >= 0.3 is 5.97 Å². The molecule has 2 fully saturated rings. The summed E-state index contributed by atoms with van der Waals surface area (Å²) in [6, 6.07) is 2.37. The molecule has 2 aliphatic rings. The fourth-order valence-corrected chi connectivity index (χ4v) is 3.47. The van der Waals surface area contributed by atoms with Crippen molar-refractivity contribution in [1.82, 2.24) is 4.98 Å². The highest BCUT2D eigenvalue weighted by Gasteiger charge is 2.41. The molecule has 1 aromatic heterocycles. The van der Waals surface area contributed by atoms with Crippen molar-refractivity contribution < 1.29 is 15.0 Å². The zero-order valence-corrected chi connectivity index (χ0v) is 10.9. The average Bonchev–Trinajstić information content (AvgIpc) is 2.61. The lowest BCUT2D eigenvalue weighted by molar-refractivity contribution is 0.0696. The summed E-state index contributed by atoms with van der Waals surface area (Å²) in [6.45, 7) is 1.87. The Bertz CT molecular complexity index is 503. The second-order valence-electron chi connectivity index (χ2n) is 5.57. The summed E-state index contributed by atoms with van der Waals surface area (Å²) in [5, 5.41) is 19.1. The van der Waals surface area contributed by atoms with Gasteiger partial charge in [0, 0.05) is 24.0 Å². The number of fused-ring (bicyclic) bond motifs is 2. The highest BCUT2D eigenvalue weighted by molar-refractivity contribution is 5.94. The lowest BCUT2D eigenvalue weighted by Gasteiger charge is -2.39. The Morgan fingerprint density at radius 1 is 1.37 bits per heavy atom. The van der Waals surface area contributed by atoms with Gasteiger partial charge in [-0.3, -0.25) is 4.98 Å². The molecule has 0 spiro atoms. The van der Waals surface area contributed by atoms with Gasteiger partial charge in [0.15, 0.2) is 0 Å². The largest absolute Gasteiger partial charge is 0.478 e. The van der Waals surface area contributed by atoms with Gasteiger partial charge in [-0.05, 0) is 38.7 Å². The van der Waals surface area contributed by atoms with Gasteiger partial charge < -0.3 is 15.1 Å². The van der Waals surface area contributed by atoms with Gasteiger partial charge in [-0.15, -0.1) is 0 Å². The fourth-order valence-electron chi connectivity index (χ4n) is 3.47. The first-order valence-electron chi connectivity index (χ1n) is 6.72. The van der Waals surface area contributed by atoms with Gasteiger partial charge in [-0.2, -0.15) is 0 Å². The van der Waals surface area contributed by atoms with E-state index in [0.29, 0.717) is 0 Å². The predicted octanol–water partition coefficient (Wildman–Crippen LogP) is 1.58. The molecule has 2 saturated heterocycles. The first-order chi connectivity index (χ1) is 9.06. The van der Waals surface area contributed by atoms with Crippen LogP contribution in [0.15, 0.2) is 12.3 Å². The van der Waals surface area contributed by atoms with E-state index in [0.717, 1.165) is 37.1 Å². The molecule has 0 aromatic carbocycles. The molecule has 3 rings (SSSR count). The van der Waals surface area contributed by atoms with E-state index in [1.807, 2.05) is 13.0 Å². The van der Waals surface area contributed by atoms with Crippen LogP contribution < -0.4 is 4.90 Å². The molecular weight excluding hydrogens is 244 g/mol. The number of nitrogens with zero attached hydrogens (tertiary/aromatic N) is 2. The summed E-state index contributed by atoms with van der Waals surface area (Å²) in [5.74, 6) is -0.937. The summed E-state index contributed by atoms with van der Waals surface area (Å²) < 4.78 is 0. The minimum Gasteiger partial charge on any atom is -0.478 e. The number of aromatic nitrogens is 1. The maximum Gasteiger partial charge on any atom is 0.339 e. The Morgan fingerprint density at radius 2 is 2.00 bits per heavy atom. The zero-order chi connectivity index (χ0) is 13.6. The molecule has 2 unspecified atom stereocenters. The van der Waals surface area contributed by atoms with E-state index in [1.54, 1.807) is 0 Å². The molecule has 2 N–H and O–H groups in total. The minimum absolute atomic E-state index is 0.245. The van der Waals surface area contributed by atoms with Crippen molar-refractivity contribution in [2.24, 2.45) is 0 Å². The van der Waals surface area contributed by atoms with Crippen molar-refractivity contribution in [2.75, 3.05) is 4.90 Å². The molecule has 0 amide bonds. The molecule has 3 heterocycles. The second-order valence-corrected chi connectivity index (χ2v) is 5.57. The number of aryl methyl sites for hydroxylation is 1. The molecule has 0 radical (unpaired) electrons. The number of carboxylic acids is 1. The number of pyridine rings is 1. The van der Waals surface area contributed by atoms with E-state index in [4.69, 9.17) is 0 Å². The smallest absolute Gasteiger partial charge is 0.339 e. The zero-order valence-electron chi connectivity index (χ0n) is 10.9. The SMILES string of the molecule is Cc1cc(N2C3CCC2CC(O)C3)c(C(=O)O)cn1. The summed E-state index contributed by atoms with van der Waals surface area (Å²) in [5.41, 5.74) is 1.85. The number of hydrogen-bond acceptors (Lipinski definition) is 4. The first-order valence-corrected chi connectivity index (χ1v) is 6.72. The van der Waals surface area contributed by atoms with Crippen LogP contribution >= 0.6 is 0 Å². The standard InChI is InChI=1S/C14H18N2O3/c1-8-4-13(12(7-15-8)14(18)19)16-9-2-3-10(16)6-11(17)5-9/h4,7,9-11,17H,2-3,5-6H2,1H3,(H,18,19). The Hall–Kier alpha value is -1.62. The van der Waals surface area contributed by atoms with Crippen LogP contribution in [0, 0.1) is 6.92 Å². The van der Waals surface area contributed by atoms with E-state index >= 15 is 0 Å². The molecule has 5 nitrogen and oxygen atoms in total. The second kappa shape index (κ2) is 4.49. The van der Waals surface area contributed by atoms with E-state index in [9.17, 15) is 15.0 Å². The van der Waals surface area contributed by atoms with Crippen molar-refractivity contribution in [1.29, 1.82) is 0 Å². The van der Waals surface area contributed by atoms with Crippen LogP contribution in [0.5, 0.6) is 0 Å². The number of anilines is 1. The molecule has 19 heavy (non-hydrogen) atoms. The molecule has 2 atom stereocenters. The van der Waals surface area contributed by atoms with Crippen molar-refractivity contribution in [3.8, 4) is 0 Å². The summed E-state index contributed by atoms with van der Waals surface area (Å²) in [6.07, 6.45) is 4.72. The van der Waals surface area contributed by atoms with E-state index in [1.165, 1.54) is 6.20 Å². The number of aromatic carboxylic acids is 1.